The van der Waals surface area contributed by atoms with Crippen LogP contribution < -0.4 is 15.2 Å². The summed E-state index contributed by atoms with van der Waals surface area (Å²) in [6.07, 6.45) is 2.48. The number of nitriles is 1. The summed E-state index contributed by atoms with van der Waals surface area (Å²) in [6, 6.07) is 10.9. The molecule has 0 fully saturated rings. The molecule has 0 atom stereocenters. The van der Waals surface area contributed by atoms with Crippen LogP contribution in [0.2, 0.25) is 5.02 Å². The summed E-state index contributed by atoms with van der Waals surface area (Å²) in [5.41, 5.74) is 0.790. The Kier molecular flexibility index (Phi) is 5.20. The van der Waals surface area contributed by atoms with E-state index in [0.717, 1.165) is 0 Å². The maximum Gasteiger partial charge on any atom is 0.326 e. The van der Waals surface area contributed by atoms with Gasteiger partial charge in [-0.2, -0.15) is 9.99 Å². The number of aromatic nitrogens is 3. The van der Waals surface area contributed by atoms with Crippen molar-refractivity contribution in [2.24, 2.45) is 0 Å². The summed E-state index contributed by atoms with van der Waals surface area (Å²) in [5, 5.41) is 20.8. The van der Waals surface area contributed by atoms with Crippen LogP contribution >= 0.6 is 27.5 Å². The Balaban J connectivity index is 1.74. The van der Waals surface area contributed by atoms with E-state index in [1.54, 1.807) is 6.07 Å². The van der Waals surface area contributed by atoms with Crippen LogP contribution in [0, 0.1) is 22.4 Å². The van der Waals surface area contributed by atoms with Gasteiger partial charge >= 0.3 is 5.69 Å². The maximum absolute atomic E-state index is 15.3. The molecule has 0 amide bonds. The Labute approximate surface area is 182 Å². The van der Waals surface area contributed by atoms with E-state index in [0.29, 0.717) is 20.2 Å². The summed E-state index contributed by atoms with van der Waals surface area (Å²) >= 11 is 9.24. The van der Waals surface area contributed by atoms with Crippen LogP contribution in [0.5, 0.6) is 11.5 Å². The Bertz CT molecular complexity index is 1390. The molecule has 4 aromatic rings. The van der Waals surface area contributed by atoms with E-state index in [-0.39, 0.29) is 34.2 Å². The van der Waals surface area contributed by atoms with E-state index in [1.807, 2.05) is 6.07 Å². The molecule has 0 saturated heterocycles. The number of pyridine rings is 1. The minimum Gasteiger partial charge on any atom is -0.619 e. The standard InChI is InChI=1S/C20H11BrClFN4O3/c21-15-2-1-12(9-27-17-3-4-26(29)10-16(17)25-20(27)28)18(23)19(15)30-14-6-11(8-24)5-13(22)7-14/h1-7,10H,9H2,(H,25,28). The van der Waals surface area contributed by atoms with Crippen molar-refractivity contribution in [2.75, 3.05) is 0 Å². The molecule has 30 heavy (non-hydrogen) atoms. The predicted octanol–water partition coefficient (Wildman–Crippen LogP) is 4.23. The second-order valence-electron chi connectivity index (χ2n) is 6.36. The van der Waals surface area contributed by atoms with E-state index >= 15 is 4.39 Å². The molecule has 10 heteroatoms. The van der Waals surface area contributed by atoms with Gasteiger partial charge in [0.1, 0.15) is 11.3 Å². The highest BCUT2D eigenvalue weighted by Crippen LogP contribution is 2.35. The molecule has 4 rings (SSSR count). The van der Waals surface area contributed by atoms with Gasteiger partial charge < -0.3 is 14.9 Å². The fraction of sp³-hybridized carbons (Fsp3) is 0.0500. The van der Waals surface area contributed by atoms with E-state index in [4.69, 9.17) is 21.6 Å². The van der Waals surface area contributed by atoms with Gasteiger partial charge in [0.25, 0.3) is 0 Å². The first-order chi connectivity index (χ1) is 14.4. The smallest absolute Gasteiger partial charge is 0.326 e. The molecule has 2 heterocycles. The lowest BCUT2D eigenvalue weighted by Gasteiger charge is -2.13. The highest BCUT2D eigenvalue weighted by atomic mass is 79.9. The molecule has 7 nitrogen and oxygen atoms in total. The zero-order chi connectivity index (χ0) is 21.4. The Hall–Kier alpha value is -3.35. The van der Waals surface area contributed by atoms with Crippen LogP contribution in [0.15, 0.2) is 58.1 Å². The lowest BCUT2D eigenvalue weighted by molar-refractivity contribution is -0.604. The fourth-order valence-electron chi connectivity index (χ4n) is 3.01. The number of H-pyrrole nitrogens is 1. The number of hydrogen-bond donors (Lipinski definition) is 1. The van der Waals surface area contributed by atoms with Crippen molar-refractivity contribution in [1.29, 1.82) is 5.26 Å². The molecule has 0 saturated carbocycles. The van der Waals surface area contributed by atoms with Gasteiger partial charge in [-0.15, -0.1) is 0 Å². The topological polar surface area (TPSA) is 97.8 Å². The number of halogens is 3. The molecule has 0 bridgehead atoms. The summed E-state index contributed by atoms with van der Waals surface area (Å²) in [5.74, 6) is -0.595. The van der Waals surface area contributed by atoms with Crippen LogP contribution in [0.25, 0.3) is 11.0 Å². The van der Waals surface area contributed by atoms with Gasteiger partial charge in [0, 0.05) is 16.7 Å². The summed E-state index contributed by atoms with van der Waals surface area (Å²) < 4.78 is 23.1. The van der Waals surface area contributed by atoms with E-state index in [2.05, 4.69) is 20.9 Å². The molecule has 0 radical (unpaired) electrons. The van der Waals surface area contributed by atoms with Crippen LogP contribution in [-0.2, 0) is 6.54 Å². The number of aromatic amines is 1. The van der Waals surface area contributed by atoms with Crippen molar-refractivity contribution in [3.05, 3.63) is 90.9 Å². The first-order valence-electron chi connectivity index (χ1n) is 8.52. The largest absolute Gasteiger partial charge is 0.619 e. The minimum absolute atomic E-state index is 0.0871. The quantitative estimate of drug-likeness (QED) is 0.343. The van der Waals surface area contributed by atoms with Crippen molar-refractivity contribution < 1.29 is 13.9 Å². The summed E-state index contributed by atoms with van der Waals surface area (Å²) in [6.45, 7) is -0.0871. The van der Waals surface area contributed by atoms with Crippen LogP contribution in [0.1, 0.15) is 11.1 Å². The van der Waals surface area contributed by atoms with Crippen LogP contribution in [0.3, 0.4) is 0 Å². The normalized spacial score (nSPS) is 10.9. The number of nitrogens with zero attached hydrogens (tertiary/aromatic N) is 3. The molecule has 0 unspecified atom stereocenters. The molecule has 0 aliphatic rings. The van der Waals surface area contributed by atoms with Gasteiger partial charge in [-0.05, 0) is 40.2 Å². The average Bonchev–Trinajstić information content (AvgIpc) is 3.01. The number of rotatable bonds is 4. The fourth-order valence-corrected chi connectivity index (χ4v) is 3.63. The third kappa shape index (κ3) is 3.75. The molecule has 1 N–H and O–H groups in total. The zero-order valence-electron chi connectivity index (χ0n) is 15.0. The lowest BCUT2D eigenvalue weighted by atomic mass is 10.2. The van der Waals surface area contributed by atoms with Crippen molar-refractivity contribution in [3.63, 3.8) is 0 Å². The zero-order valence-corrected chi connectivity index (χ0v) is 17.4. The van der Waals surface area contributed by atoms with Crippen molar-refractivity contribution in [1.82, 2.24) is 9.55 Å². The van der Waals surface area contributed by atoms with Crippen molar-refractivity contribution in [2.45, 2.75) is 6.54 Å². The molecule has 0 aliphatic carbocycles. The van der Waals surface area contributed by atoms with E-state index in [9.17, 15) is 10.0 Å². The van der Waals surface area contributed by atoms with Gasteiger partial charge in [0.05, 0.1) is 28.2 Å². The first kappa shape index (κ1) is 19.9. The number of imidazole rings is 1. The van der Waals surface area contributed by atoms with Gasteiger partial charge in [-0.3, -0.25) is 4.57 Å². The summed E-state index contributed by atoms with van der Waals surface area (Å²) in [4.78, 5) is 14.9. The molecule has 150 valence electrons. The average molecular weight is 490 g/mol. The molecule has 2 aromatic carbocycles. The van der Waals surface area contributed by atoms with Gasteiger partial charge in [-0.25, -0.2) is 9.18 Å². The number of fused-ring (bicyclic) bond motifs is 1. The SMILES string of the molecule is N#Cc1cc(Cl)cc(Oc2c(Br)ccc(Cn3c(=O)[nH]c4c[n+]([O-])ccc43)c2F)c1. The number of ether oxygens (including phenoxy) is 1. The van der Waals surface area contributed by atoms with Crippen LogP contribution in [-0.4, -0.2) is 9.55 Å². The third-order valence-electron chi connectivity index (χ3n) is 4.37. The molecule has 2 aromatic heterocycles. The molecular weight excluding hydrogens is 479 g/mol. The Morgan fingerprint density at radius 2 is 2.13 bits per heavy atom. The first-order valence-corrected chi connectivity index (χ1v) is 9.69. The van der Waals surface area contributed by atoms with Gasteiger partial charge in [0.2, 0.25) is 6.20 Å². The molecular formula is C20H11BrClFN4O3. The van der Waals surface area contributed by atoms with Gasteiger partial charge in [0.15, 0.2) is 17.8 Å². The maximum atomic E-state index is 15.3. The number of hydrogen-bond acceptors (Lipinski definition) is 4. The van der Waals surface area contributed by atoms with Crippen molar-refractivity contribution >= 4 is 38.6 Å². The molecule has 0 spiro atoms. The third-order valence-corrected chi connectivity index (χ3v) is 5.21. The van der Waals surface area contributed by atoms with Crippen LogP contribution in [0.4, 0.5) is 4.39 Å². The lowest BCUT2D eigenvalue weighted by Crippen LogP contribution is -2.23. The van der Waals surface area contributed by atoms with Gasteiger partial charge in [-0.1, -0.05) is 17.7 Å². The van der Waals surface area contributed by atoms with E-state index < -0.39 is 11.5 Å². The second kappa shape index (κ2) is 7.82. The Morgan fingerprint density at radius 1 is 1.33 bits per heavy atom. The van der Waals surface area contributed by atoms with E-state index in [1.165, 1.54) is 47.3 Å². The Morgan fingerprint density at radius 3 is 2.90 bits per heavy atom. The minimum atomic E-state index is -0.682. The number of nitrogens with one attached hydrogen (secondary N) is 1. The second-order valence-corrected chi connectivity index (χ2v) is 7.65. The highest BCUT2D eigenvalue weighted by Gasteiger charge is 2.18. The predicted molar refractivity (Wildman–Crippen MR) is 111 cm³/mol. The highest BCUT2D eigenvalue weighted by molar-refractivity contribution is 9.10. The number of benzene rings is 2. The molecule has 0 aliphatic heterocycles. The summed E-state index contributed by atoms with van der Waals surface area (Å²) in [7, 11) is 0. The van der Waals surface area contributed by atoms with Crippen molar-refractivity contribution in [3.8, 4) is 17.6 Å². The monoisotopic (exact) mass is 488 g/mol.